The molecule has 0 aliphatic rings. The van der Waals surface area contributed by atoms with Crippen molar-refractivity contribution in [3.05, 3.63) is 100 Å². The second-order valence-electron chi connectivity index (χ2n) is 11.6. The maximum atomic E-state index is 14.4. The van der Waals surface area contributed by atoms with Gasteiger partial charge in [-0.05, 0) is 69.0 Å². The number of anilines is 1. The highest BCUT2D eigenvalue weighted by molar-refractivity contribution is 7.90. The molecular weight excluding hydrogens is 572 g/mol. The molecule has 0 aliphatic carbocycles. The molecule has 3 aromatic rings. The van der Waals surface area contributed by atoms with Gasteiger partial charge in [0, 0.05) is 37.6 Å². The molecule has 10 heteroatoms. The van der Waals surface area contributed by atoms with Gasteiger partial charge >= 0.3 is 10.2 Å². The van der Waals surface area contributed by atoms with Crippen molar-refractivity contribution >= 4 is 39.3 Å². The van der Waals surface area contributed by atoms with Crippen molar-refractivity contribution < 1.29 is 18.0 Å². The summed E-state index contributed by atoms with van der Waals surface area (Å²) in [7, 11) is -1.23. The molecule has 1 unspecified atom stereocenters. The Labute approximate surface area is 255 Å². The number of carbonyl (C=O) groups excluding carboxylic acids is 2. The van der Waals surface area contributed by atoms with Crippen LogP contribution < -0.4 is 9.62 Å². The molecule has 8 nitrogen and oxygen atoms in total. The van der Waals surface area contributed by atoms with Crippen LogP contribution in [-0.2, 0) is 32.8 Å². The van der Waals surface area contributed by atoms with Crippen molar-refractivity contribution in [1.82, 2.24) is 14.5 Å². The van der Waals surface area contributed by atoms with E-state index in [2.05, 4.69) is 5.32 Å². The largest absolute Gasteiger partial charge is 0.350 e. The molecule has 2 amide bonds. The predicted molar refractivity (Wildman–Crippen MR) is 170 cm³/mol. The quantitative estimate of drug-likeness (QED) is 0.325. The standard InChI is InChI=1S/C32H41ClN4O4S/c1-23-17-18-24(2)28(19-23)37(42(40,41)35(6)7)22-30(38)36(21-26-15-11-12-16-27(26)33)29(31(39)34-32(3,4)5)20-25-13-9-8-10-14-25/h8-19,29H,20-22H2,1-7H3,(H,34,39). The zero-order valence-electron chi connectivity index (χ0n) is 25.4. The van der Waals surface area contributed by atoms with Gasteiger partial charge in [-0.2, -0.15) is 12.7 Å². The van der Waals surface area contributed by atoms with Crippen molar-refractivity contribution in [1.29, 1.82) is 0 Å². The Morgan fingerprint density at radius 2 is 1.55 bits per heavy atom. The highest BCUT2D eigenvalue weighted by atomic mass is 35.5. The van der Waals surface area contributed by atoms with E-state index in [-0.39, 0.29) is 18.9 Å². The number of nitrogens with one attached hydrogen (secondary N) is 1. The van der Waals surface area contributed by atoms with Gasteiger partial charge in [-0.3, -0.25) is 9.59 Å². The maximum absolute atomic E-state index is 14.4. The molecule has 0 bridgehead atoms. The summed E-state index contributed by atoms with van der Waals surface area (Å²) in [6.07, 6.45) is 0.225. The van der Waals surface area contributed by atoms with E-state index in [1.807, 2.05) is 76.2 Å². The zero-order valence-corrected chi connectivity index (χ0v) is 27.0. The van der Waals surface area contributed by atoms with Gasteiger partial charge in [-0.25, -0.2) is 4.31 Å². The first-order valence-electron chi connectivity index (χ1n) is 13.8. The lowest BCUT2D eigenvalue weighted by Crippen LogP contribution is -2.56. The smallest absolute Gasteiger partial charge is 0.304 e. The third-order valence-electron chi connectivity index (χ3n) is 6.72. The van der Waals surface area contributed by atoms with Crippen LogP contribution in [-0.4, -0.2) is 61.7 Å². The molecule has 3 rings (SSSR count). The van der Waals surface area contributed by atoms with Gasteiger partial charge in [-0.1, -0.05) is 72.3 Å². The Morgan fingerprint density at radius 3 is 2.14 bits per heavy atom. The Balaban J connectivity index is 2.16. The first-order chi connectivity index (χ1) is 19.6. The van der Waals surface area contributed by atoms with E-state index in [9.17, 15) is 18.0 Å². The Hall–Kier alpha value is -3.40. The summed E-state index contributed by atoms with van der Waals surface area (Å²) in [4.78, 5) is 29.7. The molecule has 0 aliphatic heterocycles. The Morgan fingerprint density at radius 1 is 0.929 bits per heavy atom. The number of hydrogen-bond donors (Lipinski definition) is 1. The lowest BCUT2D eigenvalue weighted by Gasteiger charge is -2.36. The van der Waals surface area contributed by atoms with Gasteiger partial charge in [0.2, 0.25) is 11.8 Å². The van der Waals surface area contributed by atoms with Crippen LogP contribution in [0.15, 0.2) is 72.8 Å². The molecule has 1 N–H and O–H groups in total. The SMILES string of the molecule is Cc1ccc(C)c(N(CC(=O)N(Cc2ccccc2Cl)C(Cc2ccccc2)C(=O)NC(C)(C)C)S(=O)(=O)N(C)C)c1. The summed E-state index contributed by atoms with van der Waals surface area (Å²) in [5.41, 5.74) is 2.88. The van der Waals surface area contributed by atoms with Gasteiger partial charge in [0.1, 0.15) is 12.6 Å². The molecule has 0 spiro atoms. The molecule has 0 fully saturated rings. The normalized spacial score (nSPS) is 12.6. The van der Waals surface area contributed by atoms with Gasteiger partial charge < -0.3 is 10.2 Å². The van der Waals surface area contributed by atoms with E-state index in [0.717, 1.165) is 19.7 Å². The third-order valence-corrected chi connectivity index (χ3v) is 8.89. The first kappa shape index (κ1) is 33.1. The topological polar surface area (TPSA) is 90.0 Å². The Bertz CT molecular complexity index is 1500. The molecule has 226 valence electrons. The van der Waals surface area contributed by atoms with E-state index < -0.39 is 34.2 Å². The number of rotatable bonds is 11. The first-order valence-corrected chi connectivity index (χ1v) is 15.5. The Kier molecular flexibility index (Phi) is 10.8. The summed E-state index contributed by atoms with van der Waals surface area (Å²) in [5, 5.41) is 3.46. The molecule has 0 heterocycles. The number of amides is 2. The summed E-state index contributed by atoms with van der Waals surface area (Å²) in [5.74, 6) is -0.883. The number of carbonyl (C=O) groups is 2. The van der Waals surface area contributed by atoms with E-state index in [1.165, 1.54) is 19.0 Å². The lowest BCUT2D eigenvalue weighted by atomic mass is 10.0. The lowest BCUT2D eigenvalue weighted by molar-refractivity contribution is -0.140. The fraction of sp³-hybridized carbons (Fsp3) is 0.375. The van der Waals surface area contributed by atoms with Crippen molar-refractivity contribution in [2.24, 2.45) is 0 Å². The van der Waals surface area contributed by atoms with E-state index >= 15 is 0 Å². The molecule has 0 radical (unpaired) electrons. The minimum absolute atomic E-state index is 0.0101. The molecular formula is C32H41ClN4O4S. The maximum Gasteiger partial charge on any atom is 0.304 e. The third kappa shape index (κ3) is 8.56. The van der Waals surface area contributed by atoms with Crippen LogP contribution in [0.5, 0.6) is 0 Å². The fourth-order valence-corrected chi connectivity index (χ4v) is 5.82. The molecule has 1 atom stereocenters. The van der Waals surface area contributed by atoms with Crippen LogP contribution in [0.4, 0.5) is 5.69 Å². The van der Waals surface area contributed by atoms with E-state index in [1.54, 1.807) is 31.2 Å². The molecule has 42 heavy (non-hydrogen) atoms. The number of hydrogen-bond acceptors (Lipinski definition) is 4. The van der Waals surface area contributed by atoms with Crippen molar-refractivity contribution in [3.8, 4) is 0 Å². The van der Waals surface area contributed by atoms with Gasteiger partial charge in [0.15, 0.2) is 0 Å². The number of halogens is 1. The van der Waals surface area contributed by atoms with E-state index in [4.69, 9.17) is 11.6 Å². The molecule has 3 aromatic carbocycles. The van der Waals surface area contributed by atoms with Crippen LogP contribution >= 0.6 is 11.6 Å². The molecule has 0 saturated carbocycles. The fourth-order valence-electron chi connectivity index (χ4n) is 4.51. The highest BCUT2D eigenvalue weighted by Crippen LogP contribution is 2.27. The van der Waals surface area contributed by atoms with Crippen LogP contribution in [0.25, 0.3) is 0 Å². The summed E-state index contributed by atoms with van der Waals surface area (Å²) < 4.78 is 29.4. The predicted octanol–water partition coefficient (Wildman–Crippen LogP) is 5.12. The summed E-state index contributed by atoms with van der Waals surface area (Å²) >= 11 is 6.53. The van der Waals surface area contributed by atoms with Crippen molar-refractivity contribution in [2.75, 3.05) is 24.9 Å². The van der Waals surface area contributed by atoms with Gasteiger partial charge in [0.25, 0.3) is 0 Å². The minimum atomic E-state index is -4.08. The highest BCUT2D eigenvalue weighted by Gasteiger charge is 2.36. The number of benzene rings is 3. The summed E-state index contributed by atoms with van der Waals surface area (Å²) in [6, 6.07) is 21.1. The molecule has 0 aromatic heterocycles. The minimum Gasteiger partial charge on any atom is -0.350 e. The van der Waals surface area contributed by atoms with E-state index in [0.29, 0.717) is 21.8 Å². The zero-order chi connectivity index (χ0) is 31.2. The van der Waals surface area contributed by atoms with Crippen LogP contribution in [0.2, 0.25) is 5.02 Å². The van der Waals surface area contributed by atoms with Crippen molar-refractivity contribution in [2.45, 2.75) is 59.2 Å². The van der Waals surface area contributed by atoms with Crippen LogP contribution in [0.1, 0.15) is 43.0 Å². The number of aryl methyl sites for hydroxylation is 2. The van der Waals surface area contributed by atoms with Gasteiger partial charge in [0.05, 0.1) is 5.69 Å². The second kappa shape index (κ2) is 13.7. The van der Waals surface area contributed by atoms with Crippen LogP contribution in [0, 0.1) is 13.8 Å². The number of nitrogens with zero attached hydrogens (tertiary/aromatic N) is 3. The van der Waals surface area contributed by atoms with Crippen molar-refractivity contribution in [3.63, 3.8) is 0 Å². The average molecular weight is 613 g/mol. The second-order valence-corrected chi connectivity index (χ2v) is 14.1. The van der Waals surface area contributed by atoms with Gasteiger partial charge in [-0.15, -0.1) is 0 Å². The molecule has 0 saturated heterocycles. The van der Waals surface area contributed by atoms with Crippen LogP contribution in [0.3, 0.4) is 0 Å². The summed E-state index contributed by atoms with van der Waals surface area (Å²) in [6.45, 7) is 8.78. The monoisotopic (exact) mass is 612 g/mol. The average Bonchev–Trinajstić information content (AvgIpc) is 2.91.